The molecule has 27 heavy (non-hydrogen) atoms. The molecule has 0 aliphatic carbocycles. The molecule has 1 fully saturated rings. The van der Waals surface area contributed by atoms with Gasteiger partial charge >= 0.3 is 6.03 Å². The number of amides is 2. The third-order valence-corrected chi connectivity index (χ3v) is 4.98. The van der Waals surface area contributed by atoms with Crippen molar-refractivity contribution in [2.45, 2.75) is 25.8 Å². The van der Waals surface area contributed by atoms with Crippen molar-refractivity contribution in [3.8, 4) is 11.4 Å². The second kappa shape index (κ2) is 7.40. The van der Waals surface area contributed by atoms with E-state index < -0.39 is 0 Å². The van der Waals surface area contributed by atoms with Gasteiger partial charge < -0.3 is 14.7 Å². The van der Waals surface area contributed by atoms with Gasteiger partial charge in [0.25, 0.3) is 0 Å². The minimum atomic E-state index is -0.220. The summed E-state index contributed by atoms with van der Waals surface area (Å²) in [7, 11) is 0. The second-order valence-electron chi connectivity index (χ2n) is 6.56. The van der Waals surface area contributed by atoms with Crippen molar-refractivity contribution in [3.05, 3.63) is 65.0 Å². The number of carbonyl (C=O) groups excluding carboxylic acids is 1. The first-order valence-corrected chi connectivity index (χ1v) is 9.22. The molecule has 7 heteroatoms. The summed E-state index contributed by atoms with van der Waals surface area (Å²) in [6, 6.07) is 14.6. The highest BCUT2D eigenvalue weighted by molar-refractivity contribution is 6.30. The maximum Gasteiger partial charge on any atom is 0.322 e. The lowest BCUT2D eigenvalue weighted by Crippen LogP contribution is -2.34. The summed E-state index contributed by atoms with van der Waals surface area (Å²) in [5, 5.41) is 7.69. The van der Waals surface area contributed by atoms with Crippen LogP contribution in [-0.4, -0.2) is 27.6 Å². The van der Waals surface area contributed by atoms with Crippen LogP contribution in [0.5, 0.6) is 0 Å². The molecule has 1 atom stereocenters. The number of hydrogen-bond acceptors (Lipinski definition) is 4. The number of aromatic nitrogens is 2. The smallest absolute Gasteiger partial charge is 0.322 e. The number of benzene rings is 2. The molecule has 1 N–H and O–H groups in total. The van der Waals surface area contributed by atoms with Crippen molar-refractivity contribution >= 4 is 23.3 Å². The van der Waals surface area contributed by atoms with E-state index in [9.17, 15) is 4.79 Å². The number of rotatable bonds is 3. The molecule has 138 valence electrons. The summed E-state index contributed by atoms with van der Waals surface area (Å²) in [5.41, 5.74) is 2.65. The van der Waals surface area contributed by atoms with Crippen molar-refractivity contribution in [2.24, 2.45) is 0 Å². The fourth-order valence-corrected chi connectivity index (χ4v) is 3.38. The average molecular weight is 383 g/mol. The topological polar surface area (TPSA) is 71.3 Å². The fourth-order valence-electron chi connectivity index (χ4n) is 3.25. The number of carbonyl (C=O) groups is 1. The predicted octanol–water partition coefficient (Wildman–Crippen LogP) is 5.07. The van der Waals surface area contributed by atoms with Crippen LogP contribution in [0.25, 0.3) is 11.4 Å². The first kappa shape index (κ1) is 17.5. The molecular weight excluding hydrogens is 364 g/mol. The molecule has 1 aliphatic heterocycles. The Kier molecular flexibility index (Phi) is 4.81. The predicted molar refractivity (Wildman–Crippen MR) is 104 cm³/mol. The monoisotopic (exact) mass is 382 g/mol. The van der Waals surface area contributed by atoms with Gasteiger partial charge in [0.2, 0.25) is 11.7 Å². The quantitative estimate of drug-likeness (QED) is 0.686. The van der Waals surface area contributed by atoms with E-state index in [4.69, 9.17) is 16.1 Å². The van der Waals surface area contributed by atoms with Crippen LogP contribution in [0.1, 0.15) is 30.3 Å². The van der Waals surface area contributed by atoms with Gasteiger partial charge in [-0.1, -0.05) is 35.0 Å². The Morgan fingerprint density at radius 1 is 1.22 bits per heavy atom. The molecule has 0 unspecified atom stereocenters. The Labute approximate surface area is 162 Å². The van der Waals surface area contributed by atoms with Crippen molar-refractivity contribution in [1.82, 2.24) is 15.0 Å². The highest BCUT2D eigenvalue weighted by atomic mass is 35.5. The molecule has 0 bridgehead atoms. The van der Waals surface area contributed by atoms with Crippen molar-refractivity contribution < 1.29 is 9.32 Å². The first-order valence-electron chi connectivity index (χ1n) is 8.84. The van der Waals surface area contributed by atoms with Crippen LogP contribution in [0, 0.1) is 6.92 Å². The average Bonchev–Trinajstić information content (AvgIpc) is 3.33. The number of hydrogen-bond donors (Lipinski definition) is 1. The van der Waals surface area contributed by atoms with E-state index >= 15 is 0 Å². The minimum absolute atomic E-state index is 0.155. The molecule has 4 rings (SSSR count). The number of aryl methyl sites for hydroxylation is 1. The molecule has 1 aliphatic rings. The second-order valence-corrected chi connectivity index (χ2v) is 7.00. The van der Waals surface area contributed by atoms with Gasteiger partial charge in [0, 0.05) is 22.8 Å². The van der Waals surface area contributed by atoms with E-state index in [1.54, 1.807) is 17.0 Å². The van der Waals surface area contributed by atoms with Crippen LogP contribution in [0.3, 0.4) is 0 Å². The van der Waals surface area contributed by atoms with Gasteiger partial charge in [0.1, 0.15) is 6.04 Å². The normalized spacial score (nSPS) is 16.5. The summed E-state index contributed by atoms with van der Waals surface area (Å²) in [6.45, 7) is 2.62. The lowest BCUT2D eigenvalue weighted by Gasteiger charge is -2.22. The summed E-state index contributed by atoms with van der Waals surface area (Å²) in [6.07, 6.45) is 1.69. The van der Waals surface area contributed by atoms with Crippen molar-refractivity contribution in [3.63, 3.8) is 0 Å². The largest absolute Gasteiger partial charge is 0.337 e. The Balaban J connectivity index is 1.52. The van der Waals surface area contributed by atoms with E-state index in [0.29, 0.717) is 23.3 Å². The Bertz CT molecular complexity index is 955. The molecule has 1 aromatic heterocycles. The first-order chi connectivity index (χ1) is 13.1. The zero-order valence-electron chi connectivity index (χ0n) is 14.9. The van der Waals surface area contributed by atoms with E-state index in [0.717, 1.165) is 29.7 Å². The number of urea groups is 1. The van der Waals surface area contributed by atoms with Crippen LogP contribution in [-0.2, 0) is 0 Å². The zero-order valence-corrected chi connectivity index (χ0v) is 15.6. The fraction of sp³-hybridized carbons (Fsp3) is 0.250. The van der Waals surface area contributed by atoms with Gasteiger partial charge in [-0.2, -0.15) is 4.98 Å². The zero-order chi connectivity index (χ0) is 18.8. The van der Waals surface area contributed by atoms with Crippen LogP contribution in [0.4, 0.5) is 10.5 Å². The summed E-state index contributed by atoms with van der Waals surface area (Å²) >= 11 is 5.92. The Hall–Kier alpha value is -2.86. The number of halogens is 1. The van der Waals surface area contributed by atoms with Gasteiger partial charge in [-0.05, 0) is 55.7 Å². The molecule has 1 saturated heterocycles. The van der Waals surface area contributed by atoms with E-state index in [2.05, 4.69) is 15.5 Å². The minimum Gasteiger partial charge on any atom is -0.337 e. The van der Waals surface area contributed by atoms with Gasteiger partial charge in [-0.25, -0.2) is 4.79 Å². The van der Waals surface area contributed by atoms with Crippen LogP contribution in [0.2, 0.25) is 5.02 Å². The summed E-state index contributed by atoms with van der Waals surface area (Å²) < 4.78 is 5.47. The molecule has 2 amide bonds. The SMILES string of the molecule is Cc1ccccc1NC(=O)N1CCC[C@H]1c1nc(-c2ccc(Cl)cc2)no1. The molecule has 3 aromatic rings. The summed E-state index contributed by atoms with van der Waals surface area (Å²) in [5.74, 6) is 0.949. The maximum absolute atomic E-state index is 12.8. The number of para-hydroxylation sites is 1. The number of anilines is 1. The molecule has 0 radical (unpaired) electrons. The van der Waals surface area contributed by atoms with Crippen LogP contribution in [0.15, 0.2) is 53.1 Å². The standard InChI is InChI=1S/C20H19ClN4O2/c1-13-5-2-3-6-16(13)22-20(26)25-12-4-7-17(25)19-23-18(24-27-19)14-8-10-15(21)11-9-14/h2-3,5-6,8-11,17H,4,7,12H2,1H3,(H,22,26)/t17-/m0/s1. The van der Waals surface area contributed by atoms with Crippen molar-refractivity contribution in [1.29, 1.82) is 0 Å². The van der Waals surface area contributed by atoms with Crippen molar-refractivity contribution in [2.75, 3.05) is 11.9 Å². The Morgan fingerprint density at radius 3 is 2.78 bits per heavy atom. The number of likely N-dealkylation sites (tertiary alicyclic amines) is 1. The van der Waals surface area contributed by atoms with E-state index in [1.807, 2.05) is 43.3 Å². The molecule has 2 aromatic carbocycles. The molecule has 0 saturated carbocycles. The van der Waals surface area contributed by atoms with Crippen LogP contribution < -0.4 is 5.32 Å². The lowest BCUT2D eigenvalue weighted by molar-refractivity contribution is 0.193. The third kappa shape index (κ3) is 3.66. The molecule has 6 nitrogen and oxygen atoms in total. The number of nitrogens with one attached hydrogen (secondary N) is 1. The number of nitrogens with zero attached hydrogens (tertiary/aromatic N) is 3. The van der Waals surface area contributed by atoms with Gasteiger partial charge in [-0.3, -0.25) is 0 Å². The highest BCUT2D eigenvalue weighted by Crippen LogP contribution is 2.33. The lowest BCUT2D eigenvalue weighted by atomic mass is 10.2. The van der Waals surface area contributed by atoms with Gasteiger partial charge in [-0.15, -0.1) is 0 Å². The summed E-state index contributed by atoms with van der Waals surface area (Å²) in [4.78, 5) is 19.0. The maximum atomic E-state index is 12.8. The highest BCUT2D eigenvalue weighted by Gasteiger charge is 2.34. The Morgan fingerprint density at radius 2 is 2.00 bits per heavy atom. The van der Waals surface area contributed by atoms with E-state index in [1.165, 1.54) is 0 Å². The molecular formula is C20H19ClN4O2. The molecule has 2 heterocycles. The van der Waals surface area contributed by atoms with Gasteiger partial charge in [0.15, 0.2) is 0 Å². The third-order valence-electron chi connectivity index (χ3n) is 4.73. The molecule has 0 spiro atoms. The van der Waals surface area contributed by atoms with Gasteiger partial charge in [0.05, 0.1) is 0 Å². The van der Waals surface area contributed by atoms with E-state index in [-0.39, 0.29) is 12.1 Å². The van der Waals surface area contributed by atoms with Crippen LogP contribution >= 0.6 is 11.6 Å².